The van der Waals surface area contributed by atoms with Gasteiger partial charge in [0.1, 0.15) is 11.6 Å². The zero-order chi connectivity index (χ0) is 15.6. The van der Waals surface area contributed by atoms with E-state index in [1.807, 2.05) is 0 Å². The number of anilines is 1. The Balaban J connectivity index is 2.34. The fourth-order valence-electron chi connectivity index (χ4n) is 1.69. The highest BCUT2D eigenvalue weighted by Gasteiger charge is 2.12. The maximum absolute atomic E-state index is 13.6. The molecule has 110 valence electrons. The molecule has 0 aliphatic heterocycles. The van der Waals surface area contributed by atoms with E-state index in [2.05, 4.69) is 10.5 Å². The third-order valence-corrected chi connectivity index (χ3v) is 3.48. The van der Waals surface area contributed by atoms with Gasteiger partial charge in [0.05, 0.1) is 27.0 Å². The zero-order valence-corrected chi connectivity index (χ0v) is 13.0. The van der Waals surface area contributed by atoms with Crippen molar-refractivity contribution in [1.29, 1.82) is 0 Å². The molecule has 0 spiro atoms. The largest absolute Gasteiger partial charge is 0.275 e. The van der Waals surface area contributed by atoms with Gasteiger partial charge in [-0.3, -0.25) is 5.43 Å². The minimum Gasteiger partial charge on any atom is -0.275 e. The highest BCUT2D eigenvalue weighted by atomic mass is 35.5. The summed E-state index contributed by atoms with van der Waals surface area (Å²) in [6.07, 6.45) is 0. The summed E-state index contributed by atoms with van der Waals surface area (Å²) in [7, 11) is 0. The lowest BCUT2D eigenvalue weighted by Gasteiger charge is -2.09. The predicted octanol–water partition coefficient (Wildman–Crippen LogP) is 5.76. The van der Waals surface area contributed by atoms with Crippen molar-refractivity contribution in [1.82, 2.24) is 0 Å². The van der Waals surface area contributed by atoms with Gasteiger partial charge in [-0.1, -0.05) is 40.9 Å². The smallest absolute Gasteiger partial charge is 0.135 e. The van der Waals surface area contributed by atoms with E-state index in [0.29, 0.717) is 10.7 Å². The van der Waals surface area contributed by atoms with Gasteiger partial charge in [-0.15, -0.1) is 0 Å². The van der Waals surface area contributed by atoms with Crippen LogP contribution in [0.1, 0.15) is 12.5 Å². The minimum absolute atomic E-state index is 0.118. The van der Waals surface area contributed by atoms with Crippen LogP contribution in [0.5, 0.6) is 0 Å². The van der Waals surface area contributed by atoms with E-state index in [1.54, 1.807) is 0 Å². The average molecular weight is 350 g/mol. The van der Waals surface area contributed by atoms with E-state index in [-0.39, 0.29) is 21.3 Å². The van der Waals surface area contributed by atoms with Crippen molar-refractivity contribution in [2.24, 2.45) is 5.10 Å². The first kappa shape index (κ1) is 16.0. The molecule has 0 bridgehead atoms. The highest BCUT2D eigenvalue weighted by Crippen LogP contribution is 2.33. The molecule has 7 heteroatoms. The molecule has 2 rings (SSSR count). The molecule has 0 radical (unpaired) electrons. The Morgan fingerprint density at radius 3 is 2.10 bits per heavy atom. The monoisotopic (exact) mass is 348 g/mol. The van der Waals surface area contributed by atoms with Crippen LogP contribution >= 0.6 is 34.8 Å². The zero-order valence-electron chi connectivity index (χ0n) is 10.7. The fourth-order valence-corrected chi connectivity index (χ4v) is 2.59. The number of rotatable bonds is 3. The molecular formula is C14H9Cl3F2N2. The molecule has 0 amide bonds. The SMILES string of the molecule is C/C(=N/Nc1c(Cl)cc(Cl)cc1Cl)c1c(F)cccc1F. The minimum atomic E-state index is -0.702. The first-order valence-corrected chi connectivity index (χ1v) is 6.92. The Bertz CT molecular complexity index is 674. The van der Waals surface area contributed by atoms with Gasteiger partial charge in [0.25, 0.3) is 0 Å². The van der Waals surface area contributed by atoms with E-state index in [0.717, 1.165) is 12.1 Å². The first-order valence-electron chi connectivity index (χ1n) is 5.79. The predicted molar refractivity (Wildman–Crippen MR) is 83.7 cm³/mol. The second-order valence-corrected chi connectivity index (χ2v) is 5.40. The van der Waals surface area contributed by atoms with Crippen molar-refractivity contribution in [2.75, 3.05) is 5.43 Å². The molecule has 0 unspecified atom stereocenters. The Morgan fingerprint density at radius 1 is 1.05 bits per heavy atom. The lowest BCUT2D eigenvalue weighted by atomic mass is 10.1. The Hall–Kier alpha value is -1.36. The summed E-state index contributed by atoms with van der Waals surface area (Å²) in [5.41, 5.74) is 2.80. The number of hydrogen-bond acceptors (Lipinski definition) is 2. The van der Waals surface area contributed by atoms with Crippen molar-refractivity contribution in [3.63, 3.8) is 0 Å². The number of benzene rings is 2. The molecule has 1 N–H and O–H groups in total. The van der Waals surface area contributed by atoms with E-state index < -0.39 is 11.6 Å². The topological polar surface area (TPSA) is 24.4 Å². The summed E-state index contributed by atoms with van der Waals surface area (Å²) >= 11 is 17.7. The molecule has 0 fully saturated rings. The second-order valence-electron chi connectivity index (χ2n) is 4.15. The summed E-state index contributed by atoms with van der Waals surface area (Å²) in [5.74, 6) is -1.40. The molecule has 0 saturated heterocycles. The van der Waals surface area contributed by atoms with Crippen LogP contribution in [0.15, 0.2) is 35.4 Å². The first-order chi connectivity index (χ1) is 9.90. The summed E-state index contributed by atoms with van der Waals surface area (Å²) in [5, 5.41) is 4.78. The van der Waals surface area contributed by atoms with Gasteiger partial charge in [-0.05, 0) is 31.2 Å². The van der Waals surface area contributed by atoms with E-state index in [9.17, 15) is 8.78 Å². The molecule has 0 aliphatic carbocycles. The van der Waals surface area contributed by atoms with Crippen LogP contribution in [-0.2, 0) is 0 Å². The van der Waals surface area contributed by atoms with Crippen LogP contribution < -0.4 is 5.43 Å². The molecule has 0 aliphatic rings. The van der Waals surface area contributed by atoms with Crippen molar-refractivity contribution >= 4 is 46.2 Å². The highest BCUT2D eigenvalue weighted by molar-refractivity contribution is 6.41. The standard InChI is InChI=1S/C14H9Cl3F2N2/c1-7(13-11(18)3-2-4-12(13)19)20-21-14-9(16)5-8(15)6-10(14)17/h2-6,21H,1H3/b20-7-. The Kier molecular flexibility index (Phi) is 5.04. The molecular weight excluding hydrogens is 341 g/mol. The van der Waals surface area contributed by atoms with Crippen molar-refractivity contribution in [2.45, 2.75) is 6.92 Å². The lowest BCUT2D eigenvalue weighted by molar-refractivity contribution is 0.579. The third-order valence-electron chi connectivity index (χ3n) is 2.67. The summed E-state index contributed by atoms with van der Waals surface area (Å²) in [6.45, 7) is 1.46. The third kappa shape index (κ3) is 3.64. The van der Waals surface area contributed by atoms with Crippen LogP contribution in [0.3, 0.4) is 0 Å². The van der Waals surface area contributed by atoms with Gasteiger partial charge in [0.2, 0.25) is 0 Å². The maximum atomic E-state index is 13.6. The lowest BCUT2D eigenvalue weighted by Crippen LogP contribution is -2.06. The molecule has 0 heterocycles. The van der Waals surface area contributed by atoms with E-state index in [4.69, 9.17) is 34.8 Å². The number of hydrazone groups is 1. The van der Waals surface area contributed by atoms with Crippen LogP contribution in [0.2, 0.25) is 15.1 Å². The Morgan fingerprint density at radius 2 is 1.57 bits per heavy atom. The van der Waals surface area contributed by atoms with Crippen molar-refractivity contribution in [3.8, 4) is 0 Å². The average Bonchev–Trinajstić information content (AvgIpc) is 2.37. The van der Waals surface area contributed by atoms with Crippen molar-refractivity contribution < 1.29 is 8.78 Å². The number of nitrogens with zero attached hydrogens (tertiary/aromatic N) is 1. The van der Waals surface area contributed by atoms with Crippen LogP contribution in [-0.4, -0.2) is 5.71 Å². The molecule has 2 aromatic rings. The normalized spacial score (nSPS) is 11.6. The number of hydrogen-bond donors (Lipinski definition) is 1. The maximum Gasteiger partial charge on any atom is 0.135 e. The van der Waals surface area contributed by atoms with Crippen LogP contribution in [0.4, 0.5) is 14.5 Å². The van der Waals surface area contributed by atoms with Gasteiger partial charge >= 0.3 is 0 Å². The fraction of sp³-hybridized carbons (Fsp3) is 0.0714. The molecule has 21 heavy (non-hydrogen) atoms. The quantitative estimate of drug-likeness (QED) is 0.553. The van der Waals surface area contributed by atoms with Crippen molar-refractivity contribution in [3.05, 3.63) is 62.6 Å². The van der Waals surface area contributed by atoms with E-state index in [1.165, 1.54) is 25.1 Å². The van der Waals surface area contributed by atoms with Crippen LogP contribution in [0.25, 0.3) is 0 Å². The Labute approximate surface area is 135 Å². The van der Waals surface area contributed by atoms with Gasteiger partial charge < -0.3 is 0 Å². The summed E-state index contributed by atoms with van der Waals surface area (Å²) in [6, 6.07) is 6.54. The number of nitrogens with one attached hydrogen (secondary N) is 1. The van der Waals surface area contributed by atoms with E-state index >= 15 is 0 Å². The molecule has 0 atom stereocenters. The van der Waals surface area contributed by atoms with Gasteiger partial charge in [-0.25, -0.2) is 8.78 Å². The number of halogens is 5. The van der Waals surface area contributed by atoms with Gasteiger partial charge in [-0.2, -0.15) is 5.10 Å². The van der Waals surface area contributed by atoms with Gasteiger partial charge in [0, 0.05) is 5.02 Å². The molecule has 2 nitrogen and oxygen atoms in total. The second kappa shape index (κ2) is 6.60. The van der Waals surface area contributed by atoms with Crippen LogP contribution in [0, 0.1) is 11.6 Å². The summed E-state index contributed by atoms with van der Waals surface area (Å²) in [4.78, 5) is 0. The van der Waals surface area contributed by atoms with Gasteiger partial charge in [0.15, 0.2) is 0 Å². The molecule has 0 aromatic heterocycles. The summed E-state index contributed by atoms with van der Waals surface area (Å²) < 4.78 is 27.2. The molecule has 0 saturated carbocycles. The molecule has 2 aromatic carbocycles.